The Hall–Kier alpha value is -3.20. The molecule has 0 saturated heterocycles. The fourth-order valence-electron chi connectivity index (χ4n) is 2.93. The topological polar surface area (TPSA) is 64.1 Å². The van der Waals surface area contributed by atoms with Crippen LogP contribution in [0.4, 0.5) is 13.2 Å². The van der Waals surface area contributed by atoms with E-state index in [2.05, 4.69) is 22.1 Å². The van der Waals surface area contributed by atoms with Crippen molar-refractivity contribution in [3.8, 4) is 16.3 Å². The van der Waals surface area contributed by atoms with E-state index in [1.54, 1.807) is 12.1 Å². The summed E-state index contributed by atoms with van der Waals surface area (Å²) in [5.41, 5.74) is 0.0883. The van der Waals surface area contributed by atoms with Gasteiger partial charge >= 0.3 is 6.18 Å². The SMILES string of the molecule is C=CCOc1ccc(-c2nnc(CCCCNC(=O)c3ccccc3)s2)cc1C(F)(F)F. The van der Waals surface area contributed by atoms with Gasteiger partial charge < -0.3 is 10.1 Å². The van der Waals surface area contributed by atoms with Gasteiger partial charge in [0.1, 0.15) is 22.4 Å². The molecule has 0 bridgehead atoms. The first kappa shape index (κ1) is 23.5. The number of rotatable bonds is 10. The van der Waals surface area contributed by atoms with E-state index in [0.717, 1.165) is 23.9 Å². The summed E-state index contributed by atoms with van der Waals surface area (Å²) < 4.78 is 45.4. The fourth-order valence-corrected chi connectivity index (χ4v) is 3.80. The molecule has 0 atom stereocenters. The van der Waals surface area contributed by atoms with Gasteiger partial charge in [-0.05, 0) is 43.2 Å². The zero-order valence-electron chi connectivity index (χ0n) is 17.2. The summed E-state index contributed by atoms with van der Waals surface area (Å²) in [6, 6.07) is 12.8. The molecule has 1 aromatic heterocycles. The van der Waals surface area contributed by atoms with E-state index in [-0.39, 0.29) is 18.3 Å². The number of halogens is 3. The summed E-state index contributed by atoms with van der Waals surface area (Å²) in [4.78, 5) is 12.0. The third kappa shape index (κ3) is 6.40. The summed E-state index contributed by atoms with van der Waals surface area (Å²) in [5, 5.41) is 12.1. The zero-order chi connectivity index (χ0) is 23.0. The van der Waals surface area contributed by atoms with Crippen LogP contribution < -0.4 is 10.1 Å². The van der Waals surface area contributed by atoms with Gasteiger partial charge in [-0.2, -0.15) is 13.2 Å². The minimum absolute atomic E-state index is 0.0167. The van der Waals surface area contributed by atoms with Crippen LogP contribution in [0, 0.1) is 0 Å². The molecular formula is C23H22F3N3O2S. The molecule has 0 fully saturated rings. The molecule has 2 aromatic carbocycles. The highest BCUT2D eigenvalue weighted by molar-refractivity contribution is 7.14. The average molecular weight is 462 g/mol. The molecule has 0 aliphatic heterocycles. The van der Waals surface area contributed by atoms with Crippen molar-refractivity contribution in [1.82, 2.24) is 15.5 Å². The smallest absolute Gasteiger partial charge is 0.419 e. The molecule has 0 aliphatic carbocycles. The van der Waals surface area contributed by atoms with E-state index >= 15 is 0 Å². The largest absolute Gasteiger partial charge is 0.489 e. The van der Waals surface area contributed by atoms with Crippen molar-refractivity contribution < 1.29 is 22.7 Å². The maximum atomic E-state index is 13.4. The second kappa shape index (κ2) is 10.9. The number of ether oxygens (including phenoxy) is 1. The molecule has 0 aliphatic rings. The third-order valence-electron chi connectivity index (χ3n) is 4.49. The molecule has 32 heavy (non-hydrogen) atoms. The van der Waals surface area contributed by atoms with Crippen molar-refractivity contribution in [3.05, 3.63) is 77.3 Å². The molecule has 0 spiro atoms. The minimum Gasteiger partial charge on any atom is -0.489 e. The Balaban J connectivity index is 1.55. The molecule has 9 heteroatoms. The van der Waals surface area contributed by atoms with Crippen molar-refractivity contribution in [2.45, 2.75) is 25.4 Å². The van der Waals surface area contributed by atoms with Crippen molar-refractivity contribution in [2.24, 2.45) is 0 Å². The van der Waals surface area contributed by atoms with Gasteiger partial charge in [0, 0.05) is 24.1 Å². The lowest BCUT2D eigenvalue weighted by Crippen LogP contribution is -2.24. The predicted molar refractivity (Wildman–Crippen MR) is 118 cm³/mol. The Bertz CT molecular complexity index is 1050. The fraction of sp³-hybridized carbons (Fsp3) is 0.261. The third-order valence-corrected chi connectivity index (χ3v) is 5.53. The number of unbranched alkanes of at least 4 members (excludes halogenated alkanes) is 1. The lowest BCUT2D eigenvalue weighted by Gasteiger charge is -2.14. The van der Waals surface area contributed by atoms with Gasteiger partial charge in [0.15, 0.2) is 0 Å². The van der Waals surface area contributed by atoms with E-state index in [9.17, 15) is 18.0 Å². The molecule has 0 radical (unpaired) electrons. The van der Waals surface area contributed by atoms with Crippen molar-refractivity contribution >= 4 is 17.2 Å². The molecule has 5 nitrogen and oxygen atoms in total. The number of aryl methyl sites for hydroxylation is 1. The Labute approximate surface area is 188 Å². The Morgan fingerprint density at radius 2 is 1.91 bits per heavy atom. The first-order valence-corrected chi connectivity index (χ1v) is 10.8. The van der Waals surface area contributed by atoms with E-state index in [0.29, 0.717) is 29.1 Å². The first-order chi connectivity index (χ1) is 15.4. The zero-order valence-corrected chi connectivity index (χ0v) is 18.0. The monoisotopic (exact) mass is 461 g/mol. The molecule has 3 rings (SSSR count). The molecular weight excluding hydrogens is 439 g/mol. The summed E-state index contributed by atoms with van der Waals surface area (Å²) >= 11 is 1.26. The quantitative estimate of drug-likeness (QED) is 0.318. The molecule has 1 N–H and O–H groups in total. The first-order valence-electron chi connectivity index (χ1n) is 9.99. The van der Waals surface area contributed by atoms with Gasteiger partial charge in [-0.15, -0.1) is 10.2 Å². The van der Waals surface area contributed by atoms with Crippen molar-refractivity contribution in [3.63, 3.8) is 0 Å². The summed E-state index contributed by atoms with van der Waals surface area (Å²) in [7, 11) is 0. The van der Waals surface area contributed by atoms with Crippen LogP contribution in [0.25, 0.3) is 10.6 Å². The number of nitrogens with zero attached hydrogens (tertiary/aromatic N) is 2. The number of amides is 1. The lowest BCUT2D eigenvalue weighted by atomic mass is 10.1. The van der Waals surface area contributed by atoms with Gasteiger partial charge in [-0.3, -0.25) is 4.79 Å². The van der Waals surface area contributed by atoms with E-state index < -0.39 is 11.7 Å². The van der Waals surface area contributed by atoms with Gasteiger partial charge in [-0.25, -0.2) is 0 Å². The number of benzene rings is 2. The number of carbonyl (C=O) groups excluding carboxylic acids is 1. The number of carbonyl (C=O) groups is 1. The second-order valence-electron chi connectivity index (χ2n) is 6.89. The average Bonchev–Trinajstić information content (AvgIpc) is 3.26. The molecule has 0 saturated carbocycles. The van der Waals surface area contributed by atoms with Gasteiger partial charge in [-0.1, -0.05) is 42.2 Å². The molecule has 0 unspecified atom stereocenters. The number of nitrogens with one attached hydrogen (secondary N) is 1. The summed E-state index contributed by atoms with van der Waals surface area (Å²) in [5.74, 6) is -0.367. The Kier molecular flexibility index (Phi) is 7.99. The van der Waals surface area contributed by atoms with Crippen LogP contribution in [0.3, 0.4) is 0 Å². The predicted octanol–water partition coefficient (Wildman–Crippen LogP) is 5.54. The highest BCUT2D eigenvalue weighted by atomic mass is 32.1. The van der Waals surface area contributed by atoms with Crippen LogP contribution in [-0.2, 0) is 12.6 Å². The van der Waals surface area contributed by atoms with Crippen LogP contribution in [0.5, 0.6) is 5.75 Å². The van der Waals surface area contributed by atoms with Crippen LogP contribution in [0.15, 0.2) is 61.2 Å². The van der Waals surface area contributed by atoms with Gasteiger partial charge in [0.25, 0.3) is 5.91 Å². The van der Waals surface area contributed by atoms with Crippen LogP contribution in [0.2, 0.25) is 0 Å². The van der Waals surface area contributed by atoms with Crippen molar-refractivity contribution in [1.29, 1.82) is 0 Å². The number of hydrogen-bond donors (Lipinski definition) is 1. The van der Waals surface area contributed by atoms with Gasteiger partial charge in [0.2, 0.25) is 0 Å². The maximum absolute atomic E-state index is 13.4. The van der Waals surface area contributed by atoms with Crippen LogP contribution in [-0.4, -0.2) is 29.3 Å². The summed E-state index contributed by atoms with van der Waals surface area (Å²) in [6.07, 6.45) is -1.01. The highest BCUT2D eigenvalue weighted by Gasteiger charge is 2.35. The second-order valence-corrected chi connectivity index (χ2v) is 7.95. The van der Waals surface area contributed by atoms with E-state index in [4.69, 9.17) is 4.74 Å². The molecule has 1 amide bonds. The molecule has 3 aromatic rings. The lowest BCUT2D eigenvalue weighted by molar-refractivity contribution is -0.138. The van der Waals surface area contributed by atoms with E-state index in [1.165, 1.54) is 29.5 Å². The Morgan fingerprint density at radius 3 is 2.62 bits per heavy atom. The van der Waals surface area contributed by atoms with Crippen molar-refractivity contribution in [2.75, 3.05) is 13.2 Å². The van der Waals surface area contributed by atoms with Crippen LogP contribution >= 0.6 is 11.3 Å². The molecule has 1 heterocycles. The number of hydrogen-bond acceptors (Lipinski definition) is 5. The summed E-state index contributed by atoms with van der Waals surface area (Å²) in [6.45, 7) is 3.96. The maximum Gasteiger partial charge on any atom is 0.419 e. The molecule has 168 valence electrons. The van der Waals surface area contributed by atoms with Crippen LogP contribution in [0.1, 0.15) is 33.8 Å². The Morgan fingerprint density at radius 1 is 1.12 bits per heavy atom. The van der Waals surface area contributed by atoms with E-state index in [1.807, 2.05) is 18.2 Å². The highest BCUT2D eigenvalue weighted by Crippen LogP contribution is 2.39. The number of alkyl halides is 3. The standard InChI is InChI=1S/C23H22F3N3O2S/c1-2-14-31-19-12-11-17(15-18(19)23(24,25)26)22-29-28-20(32-22)10-6-7-13-27-21(30)16-8-4-3-5-9-16/h2-5,8-9,11-12,15H,1,6-7,10,13-14H2,(H,27,30). The normalized spacial score (nSPS) is 11.2. The number of aromatic nitrogens is 2. The minimum atomic E-state index is -4.55. The van der Waals surface area contributed by atoms with Gasteiger partial charge in [0.05, 0.1) is 5.56 Å².